The van der Waals surface area contributed by atoms with Crippen LogP contribution in [0.5, 0.6) is 17.2 Å². The minimum Gasteiger partial charge on any atom is -0.507 e. The van der Waals surface area contributed by atoms with E-state index in [1.54, 1.807) is 31.2 Å². The minimum absolute atomic E-state index is 0.0622. The van der Waals surface area contributed by atoms with E-state index in [0.29, 0.717) is 40.2 Å². The zero-order valence-corrected chi connectivity index (χ0v) is 16.2. The van der Waals surface area contributed by atoms with Gasteiger partial charge in [-0.15, -0.1) is 0 Å². The quantitative estimate of drug-likeness (QED) is 0.654. The zero-order valence-electron chi connectivity index (χ0n) is 16.2. The van der Waals surface area contributed by atoms with Crippen LogP contribution in [0.4, 0.5) is 0 Å². The van der Waals surface area contributed by atoms with Crippen LogP contribution in [-0.4, -0.2) is 32.3 Å². The Morgan fingerprint density at radius 1 is 1.14 bits per heavy atom. The molecule has 7 heteroatoms. The van der Waals surface area contributed by atoms with E-state index in [4.69, 9.17) is 9.15 Å². The average molecular weight is 384 g/mol. The summed E-state index contributed by atoms with van der Waals surface area (Å²) in [5, 5.41) is 10.5. The number of aromatic hydroxyl groups is 1. The fourth-order valence-corrected chi connectivity index (χ4v) is 2.93. The van der Waals surface area contributed by atoms with Gasteiger partial charge < -0.3 is 23.9 Å². The Balaban J connectivity index is 2.04. The number of esters is 1. The number of phenolic OH excluding ortho intramolecular Hbond substituents is 1. The molecule has 0 saturated heterocycles. The van der Waals surface area contributed by atoms with Crippen molar-refractivity contribution in [2.24, 2.45) is 0 Å². The molecule has 3 rings (SSSR count). The fourth-order valence-electron chi connectivity index (χ4n) is 2.93. The molecule has 0 fully saturated rings. The molecular formula is C21H22NO6+. The summed E-state index contributed by atoms with van der Waals surface area (Å²) in [7, 11) is 5.19. The number of hydrogen-bond donors (Lipinski definition) is 2. The predicted molar refractivity (Wildman–Crippen MR) is 103 cm³/mol. The van der Waals surface area contributed by atoms with Crippen LogP contribution < -0.4 is 15.1 Å². The van der Waals surface area contributed by atoms with Gasteiger partial charge in [-0.1, -0.05) is 0 Å². The molecule has 0 spiro atoms. The molecule has 0 unspecified atom stereocenters. The third kappa shape index (κ3) is 3.70. The molecule has 28 heavy (non-hydrogen) atoms. The maximum atomic E-state index is 13.0. The summed E-state index contributed by atoms with van der Waals surface area (Å²) in [4.78, 5) is 25.6. The summed E-state index contributed by atoms with van der Waals surface area (Å²) in [6.45, 7) is 2.14. The number of nitrogens with one attached hydrogen (secondary N) is 1. The molecule has 0 aliphatic heterocycles. The zero-order chi connectivity index (χ0) is 20.4. The van der Waals surface area contributed by atoms with Crippen molar-refractivity contribution in [2.75, 3.05) is 21.2 Å². The number of carbonyl (C=O) groups is 1. The molecule has 2 N–H and O–H groups in total. The van der Waals surface area contributed by atoms with Gasteiger partial charge in [-0.05, 0) is 43.3 Å². The summed E-state index contributed by atoms with van der Waals surface area (Å²) in [6, 6.07) is 9.27. The van der Waals surface area contributed by atoms with E-state index in [1.807, 2.05) is 14.1 Å². The first-order valence-corrected chi connectivity index (χ1v) is 8.75. The number of carbonyl (C=O) groups excluding carboxylic acids is 1. The maximum absolute atomic E-state index is 13.0. The van der Waals surface area contributed by atoms with Gasteiger partial charge in [-0.3, -0.25) is 4.79 Å². The highest BCUT2D eigenvalue weighted by molar-refractivity contribution is 5.89. The van der Waals surface area contributed by atoms with Crippen LogP contribution in [0, 0.1) is 6.92 Å². The summed E-state index contributed by atoms with van der Waals surface area (Å²) in [5.41, 5.74) is 0.984. The van der Waals surface area contributed by atoms with E-state index in [0.717, 1.165) is 4.90 Å². The Hall–Kier alpha value is -3.32. The Labute approximate surface area is 161 Å². The second kappa shape index (κ2) is 7.74. The first-order chi connectivity index (χ1) is 13.3. The molecule has 3 aromatic rings. The third-order valence-electron chi connectivity index (χ3n) is 4.29. The Morgan fingerprint density at radius 2 is 1.82 bits per heavy atom. The minimum atomic E-state index is -0.455. The van der Waals surface area contributed by atoms with Gasteiger partial charge in [0.1, 0.15) is 23.8 Å². The highest BCUT2D eigenvalue weighted by Gasteiger charge is 2.20. The number of hydrogen-bond acceptors (Lipinski definition) is 6. The molecule has 146 valence electrons. The van der Waals surface area contributed by atoms with Gasteiger partial charge in [-0.25, -0.2) is 4.79 Å². The van der Waals surface area contributed by atoms with Crippen molar-refractivity contribution in [1.82, 2.24) is 0 Å². The lowest BCUT2D eigenvalue weighted by Gasteiger charge is -2.13. The van der Waals surface area contributed by atoms with E-state index in [1.165, 1.54) is 19.2 Å². The SMILES string of the molecule is COC(=O)c1ccc(Oc2c(C)oc3c(C[NH+](C)C)c(O)ccc3c2=O)cc1. The molecule has 0 aliphatic carbocycles. The number of aryl methyl sites for hydroxylation is 1. The molecular weight excluding hydrogens is 362 g/mol. The maximum Gasteiger partial charge on any atom is 0.337 e. The Morgan fingerprint density at radius 3 is 2.43 bits per heavy atom. The monoisotopic (exact) mass is 384 g/mol. The van der Waals surface area contributed by atoms with Gasteiger partial charge in [-0.2, -0.15) is 0 Å². The summed E-state index contributed by atoms with van der Waals surface area (Å²) < 4.78 is 16.3. The van der Waals surface area contributed by atoms with Crippen molar-refractivity contribution < 1.29 is 28.7 Å². The van der Waals surface area contributed by atoms with E-state index >= 15 is 0 Å². The number of rotatable bonds is 5. The average Bonchev–Trinajstić information content (AvgIpc) is 2.67. The predicted octanol–water partition coefficient (Wildman–Crippen LogP) is 2.03. The smallest absolute Gasteiger partial charge is 0.337 e. The van der Waals surface area contributed by atoms with E-state index in [9.17, 15) is 14.7 Å². The van der Waals surface area contributed by atoms with Crippen molar-refractivity contribution in [1.29, 1.82) is 0 Å². The molecule has 0 radical (unpaired) electrons. The number of fused-ring (bicyclic) bond motifs is 1. The van der Waals surface area contributed by atoms with Gasteiger partial charge in [0.25, 0.3) is 0 Å². The molecule has 0 atom stereocenters. The fraction of sp³-hybridized carbons (Fsp3) is 0.238. The molecule has 1 aromatic heterocycles. The number of phenols is 1. The van der Waals surface area contributed by atoms with Gasteiger partial charge in [0.2, 0.25) is 11.2 Å². The van der Waals surface area contributed by atoms with Crippen LogP contribution in [-0.2, 0) is 11.3 Å². The van der Waals surface area contributed by atoms with E-state index in [2.05, 4.69) is 4.74 Å². The van der Waals surface area contributed by atoms with Gasteiger partial charge >= 0.3 is 5.97 Å². The topological polar surface area (TPSA) is 90.4 Å². The lowest BCUT2D eigenvalue weighted by molar-refractivity contribution is -0.872. The molecule has 7 nitrogen and oxygen atoms in total. The van der Waals surface area contributed by atoms with Crippen LogP contribution in [0.25, 0.3) is 11.0 Å². The van der Waals surface area contributed by atoms with Crippen molar-refractivity contribution in [3.8, 4) is 17.2 Å². The summed E-state index contributed by atoms with van der Waals surface area (Å²) >= 11 is 0. The molecule has 0 amide bonds. The lowest BCUT2D eigenvalue weighted by atomic mass is 10.1. The third-order valence-corrected chi connectivity index (χ3v) is 4.29. The van der Waals surface area contributed by atoms with E-state index in [-0.39, 0.29) is 16.9 Å². The number of ether oxygens (including phenoxy) is 2. The first-order valence-electron chi connectivity index (χ1n) is 8.75. The number of benzene rings is 2. The molecule has 1 heterocycles. The van der Waals surface area contributed by atoms with Crippen LogP contribution in [0.15, 0.2) is 45.6 Å². The van der Waals surface area contributed by atoms with Crippen molar-refractivity contribution in [2.45, 2.75) is 13.5 Å². The van der Waals surface area contributed by atoms with Gasteiger partial charge in [0.15, 0.2) is 5.58 Å². The number of methoxy groups -OCH3 is 1. The number of quaternary nitrogens is 1. The van der Waals surface area contributed by atoms with Crippen LogP contribution in [0.3, 0.4) is 0 Å². The summed E-state index contributed by atoms with van der Waals surface area (Å²) in [5.74, 6) is 0.382. The standard InChI is InChI=1S/C21H21NO6/c1-12-19(28-14-7-5-13(6-8-14)21(25)26-4)18(24)15-9-10-17(23)16(11-22(2)3)20(15)27-12/h5-10,23H,11H2,1-4H3/p+1. The highest BCUT2D eigenvalue weighted by atomic mass is 16.5. The Bertz CT molecular complexity index is 1080. The normalized spacial score (nSPS) is 11.0. The summed E-state index contributed by atoms with van der Waals surface area (Å²) in [6.07, 6.45) is 0. The second-order valence-electron chi connectivity index (χ2n) is 6.76. The van der Waals surface area contributed by atoms with Crippen LogP contribution in [0.2, 0.25) is 0 Å². The molecule has 0 bridgehead atoms. The highest BCUT2D eigenvalue weighted by Crippen LogP contribution is 2.30. The molecule has 0 aliphatic rings. The van der Waals surface area contributed by atoms with E-state index < -0.39 is 5.97 Å². The lowest BCUT2D eigenvalue weighted by Crippen LogP contribution is -3.04. The Kier molecular flexibility index (Phi) is 5.37. The van der Waals surface area contributed by atoms with Crippen molar-refractivity contribution >= 4 is 16.9 Å². The van der Waals surface area contributed by atoms with Crippen LogP contribution >= 0.6 is 0 Å². The molecule has 0 saturated carbocycles. The molecule has 2 aromatic carbocycles. The first kappa shape index (κ1) is 19.4. The van der Waals surface area contributed by atoms with Gasteiger partial charge in [0.05, 0.1) is 37.7 Å². The largest absolute Gasteiger partial charge is 0.507 e. The van der Waals surface area contributed by atoms with Crippen molar-refractivity contribution in [3.05, 3.63) is 63.5 Å². The van der Waals surface area contributed by atoms with Gasteiger partial charge in [0, 0.05) is 0 Å². The van der Waals surface area contributed by atoms with Crippen molar-refractivity contribution in [3.63, 3.8) is 0 Å². The van der Waals surface area contributed by atoms with Crippen LogP contribution in [0.1, 0.15) is 21.7 Å². The second-order valence-corrected chi connectivity index (χ2v) is 6.76.